The molecule has 2 aromatic carbocycles. The van der Waals surface area contributed by atoms with Crippen molar-refractivity contribution in [3.63, 3.8) is 0 Å². The van der Waals surface area contributed by atoms with E-state index in [0.29, 0.717) is 47.4 Å². The summed E-state index contributed by atoms with van der Waals surface area (Å²) >= 11 is 11.8. The third kappa shape index (κ3) is 5.97. The van der Waals surface area contributed by atoms with Crippen LogP contribution in [0.3, 0.4) is 0 Å². The number of hydrogen-bond acceptors (Lipinski definition) is 6. The lowest BCUT2D eigenvalue weighted by atomic mass is 10.1. The Kier molecular flexibility index (Phi) is 7.51. The second-order valence-electron chi connectivity index (χ2n) is 7.29. The molecule has 0 radical (unpaired) electrons. The predicted octanol–water partition coefficient (Wildman–Crippen LogP) is 3.09. The molecule has 0 saturated carbocycles. The van der Waals surface area contributed by atoms with E-state index in [9.17, 15) is 9.59 Å². The van der Waals surface area contributed by atoms with Gasteiger partial charge in [-0.3, -0.25) is 0 Å². The van der Waals surface area contributed by atoms with Gasteiger partial charge in [0, 0.05) is 35.3 Å². The normalized spacial score (nSPS) is 11.7. The van der Waals surface area contributed by atoms with E-state index in [-0.39, 0.29) is 0 Å². The van der Waals surface area contributed by atoms with E-state index in [1.54, 1.807) is 36.7 Å². The van der Waals surface area contributed by atoms with Gasteiger partial charge >= 0.3 is 11.4 Å². The number of halogens is 2. The number of benzene rings is 2. The Bertz CT molecular complexity index is 1300. The van der Waals surface area contributed by atoms with Crippen LogP contribution in [0, 0.1) is 0 Å². The van der Waals surface area contributed by atoms with Crippen molar-refractivity contribution < 1.29 is 0 Å². The number of nitrogens with zero attached hydrogens (tertiary/aromatic N) is 6. The quantitative estimate of drug-likeness (QED) is 0.271. The molecule has 0 atom stereocenters. The average molecular weight is 499 g/mol. The van der Waals surface area contributed by atoms with E-state index in [1.807, 2.05) is 24.3 Å². The molecule has 0 aliphatic carbocycles. The van der Waals surface area contributed by atoms with Gasteiger partial charge in [0.2, 0.25) is 0 Å². The maximum Gasteiger partial charge on any atom is 0.364 e. The number of aromatic nitrogens is 6. The van der Waals surface area contributed by atoms with Crippen LogP contribution in [0.2, 0.25) is 10.0 Å². The van der Waals surface area contributed by atoms with Crippen molar-refractivity contribution in [3.05, 3.63) is 102 Å². The molecule has 0 aliphatic rings. The van der Waals surface area contributed by atoms with Gasteiger partial charge in [-0.25, -0.2) is 19.8 Å². The Morgan fingerprint density at radius 1 is 0.706 bits per heavy atom. The SMILES string of the molecule is O=c1[nH]nc(Cc2ccc(Cl)cc2)n1N=CCCC=Nn1c(Cc2ccc(Cl)cc2)n[nH]c1=O. The standard InChI is InChI=1S/C22H20Cl2N8O2/c23-17-7-3-15(4-8-17)13-19-27-29-21(33)31(19)25-11-1-2-12-26-32-20(28-30-22(32)34)14-16-5-9-18(24)10-6-16/h3-12H,1-2,13-14H2,(H,29,33)(H,30,34). The number of unbranched alkanes of at least 4 members (excludes halogenated alkanes) is 1. The van der Waals surface area contributed by atoms with Crippen LogP contribution in [0.15, 0.2) is 68.3 Å². The molecular weight excluding hydrogens is 479 g/mol. The van der Waals surface area contributed by atoms with E-state index >= 15 is 0 Å². The van der Waals surface area contributed by atoms with Crippen LogP contribution in [0.4, 0.5) is 0 Å². The first-order chi connectivity index (χ1) is 16.5. The average Bonchev–Trinajstić information content (AvgIpc) is 3.35. The summed E-state index contributed by atoms with van der Waals surface area (Å²) in [6, 6.07) is 14.6. The minimum atomic E-state index is -0.425. The van der Waals surface area contributed by atoms with Crippen molar-refractivity contribution in [1.29, 1.82) is 0 Å². The highest BCUT2D eigenvalue weighted by molar-refractivity contribution is 6.30. The molecule has 34 heavy (non-hydrogen) atoms. The number of H-pyrrole nitrogens is 2. The molecule has 0 amide bonds. The Morgan fingerprint density at radius 2 is 1.09 bits per heavy atom. The van der Waals surface area contributed by atoms with Crippen LogP contribution < -0.4 is 11.4 Å². The van der Waals surface area contributed by atoms with Gasteiger partial charge in [-0.05, 0) is 48.2 Å². The van der Waals surface area contributed by atoms with Crippen molar-refractivity contribution in [3.8, 4) is 0 Å². The Morgan fingerprint density at radius 3 is 1.47 bits per heavy atom. The zero-order valence-electron chi connectivity index (χ0n) is 17.9. The lowest BCUT2D eigenvalue weighted by Crippen LogP contribution is -2.15. The molecule has 4 rings (SSSR count). The Balaban J connectivity index is 1.35. The number of hydrogen-bond donors (Lipinski definition) is 2. The second-order valence-corrected chi connectivity index (χ2v) is 8.17. The van der Waals surface area contributed by atoms with Crippen molar-refractivity contribution in [1.82, 2.24) is 29.7 Å². The molecule has 0 spiro atoms. The van der Waals surface area contributed by atoms with Crippen LogP contribution in [-0.4, -0.2) is 42.2 Å². The van der Waals surface area contributed by atoms with Crippen LogP contribution in [0.5, 0.6) is 0 Å². The molecule has 2 aromatic heterocycles. The zero-order valence-corrected chi connectivity index (χ0v) is 19.4. The molecule has 0 aliphatic heterocycles. The molecule has 10 nitrogen and oxygen atoms in total. The summed E-state index contributed by atoms with van der Waals surface area (Å²) in [7, 11) is 0. The molecule has 2 heterocycles. The fourth-order valence-corrected chi connectivity index (χ4v) is 3.37. The second kappa shape index (κ2) is 10.9. The molecule has 0 fully saturated rings. The van der Waals surface area contributed by atoms with E-state index < -0.39 is 11.4 Å². The van der Waals surface area contributed by atoms with Gasteiger partial charge in [0.05, 0.1) is 0 Å². The zero-order chi connectivity index (χ0) is 23.9. The van der Waals surface area contributed by atoms with Crippen molar-refractivity contribution >= 4 is 35.6 Å². The molecule has 174 valence electrons. The largest absolute Gasteiger partial charge is 0.364 e. The van der Waals surface area contributed by atoms with E-state index in [2.05, 4.69) is 30.6 Å². The number of nitrogens with one attached hydrogen (secondary N) is 2. The summed E-state index contributed by atoms with van der Waals surface area (Å²) in [4.78, 5) is 24.1. The fourth-order valence-electron chi connectivity index (χ4n) is 3.11. The number of aromatic amines is 2. The lowest BCUT2D eigenvalue weighted by Gasteiger charge is -2.01. The van der Waals surface area contributed by atoms with Crippen LogP contribution in [-0.2, 0) is 12.8 Å². The van der Waals surface area contributed by atoms with Gasteiger partial charge in [-0.15, -0.1) is 0 Å². The topological polar surface area (TPSA) is 126 Å². The van der Waals surface area contributed by atoms with Crippen molar-refractivity contribution in [2.75, 3.05) is 0 Å². The molecule has 4 aromatic rings. The van der Waals surface area contributed by atoms with Gasteiger partial charge in [0.25, 0.3) is 0 Å². The maximum absolute atomic E-state index is 12.0. The monoisotopic (exact) mass is 498 g/mol. The van der Waals surface area contributed by atoms with E-state index in [0.717, 1.165) is 11.1 Å². The highest BCUT2D eigenvalue weighted by atomic mass is 35.5. The summed E-state index contributed by atoms with van der Waals surface area (Å²) in [5, 5.41) is 22.6. The summed E-state index contributed by atoms with van der Waals surface area (Å²) in [5.74, 6) is 0.961. The smallest absolute Gasteiger partial charge is 0.244 e. The molecule has 12 heteroatoms. The molecule has 0 saturated heterocycles. The van der Waals surface area contributed by atoms with Crippen LogP contribution in [0.1, 0.15) is 35.6 Å². The summed E-state index contributed by atoms with van der Waals surface area (Å²) in [6.45, 7) is 0. The van der Waals surface area contributed by atoms with Gasteiger partial charge in [0.15, 0.2) is 11.6 Å². The van der Waals surface area contributed by atoms with Crippen molar-refractivity contribution in [2.45, 2.75) is 25.7 Å². The van der Waals surface area contributed by atoms with E-state index in [1.165, 1.54) is 9.35 Å². The molecular formula is C22H20Cl2N8O2. The predicted molar refractivity (Wildman–Crippen MR) is 131 cm³/mol. The first-order valence-electron chi connectivity index (χ1n) is 10.4. The third-order valence-electron chi connectivity index (χ3n) is 4.81. The summed E-state index contributed by atoms with van der Waals surface area (Å²) in [5.41, 5.74) is 1.05. The lowest BCUT2D eigenvalue weighted by molar-refractivity contribution is 0.767. The molecule has 2 N–H and O–H groups in total. The fraction of sp³-hybridized carbons (Fsp3) is 0.182. The first kappa shape index (κ1) is 23.4. The third-order valence-corrected chi connectivity index (χ3v) is 5.31. The maximum atomic E-state index is 12.0. The van der Waals surface area contributed by atoms with Gasteiger partial charge in [-0.1, -0.05) is 47.5 Å². The van der Waals surface area contributed by atoms with Crippen molar-refractivity contribution in [2.24, 2.45) is 10.2 Å². The molecule has 0 bridgehead atoms. The number of rotatable bonds is 9. The minimum Gasteiger partial charge on any atom is -0.244 e. The summed E-state index contributed by atoms with van der Waals surface area (Å²) in [6.07, 6.45) is 5.05. The highest BCUT2D eigenvalue weighted by Crippen LogP contribution is 2.13. The minimum absolute atomic E-state index is 0.425. The van der Waals surface area contributed by atoms with Gasteiger partial charge in [-0.2, -0.15) is 29.8 Å². The first-order valence-corrected chi connectivity index (χ1v) is 11.1. The highest BCUT2D eigenvalue weighted by Gasteiger charge is 2.09. The van der Waals surface area contributed by atoms with Crippen LogP contribution >= 0.6 is 23.2 Å². The van der Waals surface area contributed by atoms with E-state index in [4.69, 9.17) is 23.2 Å². The van der Waals surface area contributed by atoms with Crippen LogP contribution in [0.25, 0.3) is 0 Å². The van der Waals surface area contributed by atoms with Gasteiger partial charge in [0.1, 0.15) is 0 Å². The molecule has 0 unspecified atom stereocenters. The summed E-state index contributed by atoms with van der Waals surface area (Å²) < 4.78 is 2.44. The Hall–Kier alpha value is -3.76. The Labute approximate surface area is 203 Å². The van der Waals surface area contributed by atoms with Gasteiger partial charge < -0.3 is 0 Å².